The lowest BCUT2D eigenvalue weighted by Gasteiger charge is -2.34. The van der Waals surface area contributed by atoms with Crippen molar-refractivity contribution < 1.29 is 23.0 Å². The molecule has 2 N–H and O–H groups in total. The van der Waals surface area contributed by atoms with Gasteiger partial charge < -0.3 is 20.1 Å². The molecule has 226 valence electrons. The molecule has 6 heterocycles. The van der Waals surface area contributed by atoms with E-state index in [4.69, 9.17) is 16.1 Å². The highest BCUT2D eigenvalue weighted by Crippen LogP contribution is 2.42. The van der Waals surface area contributed by atoms with E-state index in [0.717, 1.165) is 32.2 Å². The Bertz CT molecular complexity index is 1850. The molecule has 4 aromatic rings. The van der Waals surface area contributed by atoms with E-state index in [1.807, 2.05) is 0 Å². The number of hydrogen-bond acceptors (Lipinski definition) is 8. The maximum Gasteiger partial charge on any atom is 0.319 e. The number of nitrogens with zero attached hydrogens (tertiary/aromatic N) is 5. The lowest BCUT2D eigenvalue weighted by atomic mass is 9.95. The number of aromatic nitrogens is 3. The molecule has 4 saturated heterocycles. The van der Waals surface area contributed by atoms with Crippen LogP contribution in [0, 0.1) is 24.0 Å². The van der Waals surface area contributed by atoms with Crippen LogP contribution in [0.5, 0.6) is 11.8 Å². The minimum atomic E-state index is -0.913. The van der Waals surface area contributed by atoms with Crippen molar-refractivity contribution in [3.05, 3.63) is 47.7 Å². The van der Waals surface area contributed by atoms with Crippen molar-refractivity contribution in [2.24, 2.45) is 0 Å². The van der Waals surface area contributed by atoms with Gasteiger partial charge in [-0.1, -0.05) is 12.0 Å². The van der Waals surface area contributed by atoms with Crippen LogP contribution in [0.3, 0.4) is 0 Å². The Labute approximate surface area is 252 Å². The number of halogens is 3. The molecular formula is C33H31F3N6O2. The Balaban J connectivity index is 1.28. The summed E-state index contributed by atoms with van der Waals surface area (Å²) in [6.45, 7) is 2.79. The molecule has 8 nitrogen and oxygen atoms in total. The third kappa shape index (κ3) is 4.34. The number of fused-ring (bicyclic) bond motifs is 5. The standard InChI is InChI=1S/C33H31F3N6O2/c1-2-23-26(35)7-4-18-10-22(43)11-24(27(18)23)29-28(36)30-25(13-37-29)31(41-15-20-5-6-21(16-41)38-20)40-32(39-30)44-17-33-8-3-9-42(33)14-19(34)12-33/h1,4,7,10-11,13,19-21,38,43H,3,5-6,8-9,12,14-17H2. The number of phenolic OH excluding ortho intramolecular Hbond substituents is 1. The number of alkyl halides is 1. The van der Waals surface area contributed by atoms with Gasteiger partial charge in [-0.2, -0.15) is 9.97 Å². The molecule has 2 bridgehead atoms. The monoisotopic (exact) mass is 600 g/mol. The summed E-state index contributed by atoms with van der Waals surface area (Å²) in [6, 6.07) is 6.07. The first-order valence-electron chi connectivity index (χ1n) is 15.1. The van der Waals surface area contributed by atoms with E-state index in [9.17, 15) is 13.9 Å². The van der Waals surface area contributed by atoms with Gasteiger partial charge in [0.2, 0.25) is 0 Å². The number of terminal acetylenes is 1. The molecule has 44 heavy (non-hydrogen) atoms. The Morgan fingerprint density at radius 2 is 1.95 bits per heavy atom. The largest absolute Gasteiger partial charge is 0.508 e. The Morgan fingerprint density at radius 3 is 2.75 bits per heavy atom. The molecule has 0 radical (unpaired) electrons. The molecule has 0 amide bonds. The van der Waals surface area contributed by atoms with Crippen LogP contribution in [0.1, 0.15) is 37.7 Å². The highest BCUT2D eigenvalue weighted by molar-refractivity contribution is 6.03. The summed E-state index contributed by atoms with van der Waals surface area (Å²) in [7, 11) is 0. The molecule has 8 rings (SSSR count). The van der Waals surface area contributed by atoms with E-state index >= 15 is 4.39 Å². The molecule has 4 fully saturated rings. The molecule has 4 aliphatic rings. The molecular weight excluding hydrogens is 569 g/mol. The van der Waals surface area contributed by atoms with Crippen molar-refractivity contribution in [2.75, 3.05) is 37.7 Å². The number of aromatic hydroxyl groups is 1. The van der Waals surface area contributed by atoms with Crippen molar-refractivity contribution >= 4 is 27.5 Å². The van der Waals surface area contributed by atoms with Crippen LogP contribution in [-0.4, -0.2) is 81.5 Å². The summed E-state index contributed by atoms with van der Waals surface area (Å²) >= 11 is 0. The summed E-state index contributed by atoms with van der Waals surface area (Å²) in [5, 5.41) is 15.2. The Kier molecular flexibility index (Phi) is 6.36. The van der Waals surface area contributed by atoms with Gasteiger partial charge >= 0.3 is 6.01 Å². The van der Waals surface area contributed by atoms with Crippen LogP contribution in [0.25, 0.3) is 32.9 Å². The number of ether oxygens (including phenoxy) is 1. The van der Waals surface area contributed by atoms with Gasteiger partial charge in [0.1, 0.15) is 41.4 Å². The fourth-order valence-corrected chi connectivity index (χ4v) is 7.89. The van der Waals surface area contributed by atoms with Gasteiger partial charge in [-0.3, -0.25) is 9.88 Å². The van der Waals surface area contributed by atoms with E-state index in [1.165, 1.54) is 30.5 Å². The maximum atomic E-state index is 16.7. The first-order valence-corrected chi connectivity index (χ1v) is 15.1. The first-order chi connectivity index (χ1) is 21.3. The van der Waals surface area contributed by atoms with Crippen molar-refractivity contribution in [3.8, 4) is 35.4 Å². The third-order valence-electron chi connectivity index (χ3n) is 9.84. The molecule has 11 heteroatoms. The lowest BCUT2D eigenvalue weighted by Crippen LogP contribution is -2.51. The van der Waals surface area contributed by atoms with E-state index in [-0.39, 0.29) is 46.1 Å². The number of phenols is 1. The Hall–Kier alpha value is -4.14. The number of pyridine rings is 1. The van der Waals surface area contributed by atoms with Crippen LogP contribution in [0.15, 0.2) is 30.5 Å². The molecule has 4 aliphatic heterocycles. The molecule has 2 aromatic heterocycles. The zero-order valence-electron chi connectivity index (χ0n) is 24.0. The van der Waals surface area contributed by atoms with Crippen LogP contribution >= 0.6 is 0 Å². The van der Waals surface area contributed by atoms with Crippen molar-refractivity contribution in [3.63, 3.8) is 0 Å². The average Bonchev–Trinajstić information content (AvgIpc) is 3.66. The minimum absolute atomic E-state index is 0.00778. The summed E-state index contributed by atoms with van der Waals surface area (Å²) in [6.07, 6.45) is 10.5. The van der Waals surface area contributed by atoms with Gasteiger partial charge in [-0.05, 0) is 55.8 Å². The second-order valence-electron chi connectivity index (χ2n) is 12.6. The quantitative estimate of drug-likeness (QED) is 0.319. The number of benzene rings is 2. The first kappa shape index (κ1) is 27.4. The summed E-state index contributed by atoms with van der Waals surface area (Å²) in [5.41, 5.74) is -0.468. The fourth-order valence-electron chi connectivity index (χ4n) is 7.89. The van der Waals surface area contributed by atoms with E-state index in [0.29, 0.717) is 54.7 Å². The van der Waals surface area contributed by atoms with Crippen molar-refractivity contribution in [1.29, 1.82) is 0 Å². The zero-order valence-corrected chi connectivity index (χ0v) is 24.0. The molecule has 4 unspecified atom stereocenters. The topological polar surface area (TPSA) is 86.6 Å². The number of nitrogens with one attached hydrogen (secondary N) is 1. The van der Waals surface area contributed by atoms with Crippen LogP contribution in [-0.2, 0) is 0 Å². The van der Waals surface area contributed by atoms with Gasteiger partial charge in [0, 0.05) is 55.3 Å². The molecule has 0 aliphatic carbocycles. The number of piperazine rings is 1. The van der Waals surface area contributed by atoms with E-state index < -0.39 is 23.3 Å². The van der Waals surface area contributed by atoms with Crippen molar-refractivity contribution in [1.82, 2.24) is 25.2 Å². The predicted molar refractivity (Wildman–Crippen MR) is 160 cm³/mol. The second kappa shape index (κ2) is 10.2. The van der Waals surface area contributed by atoms with Gasteiger partial charge in [0.15, 0.2) is 5.82 Å². The summed E-state index contributed by atoms with van der Waals surface area (Å²) < 4.78 is 52.2. The van der Waals surface area contributed by atoms with Gasteiger partial charge in [-0.15, -0.1) is 6.42 Å². The molecule has 4 atom stereocenters. The second-order valence-corrected chi connectivity index (χ2v) is 12.6. The van der Waals surface area contributed by atoms with Crippen LogP contribution < -0.4 is 15.0 Å². The van der Waals surface area contributed by atoms with Gasteiger partial charge in [0.05, 0.1) is 16.5 Å². The molecule has 0 spiro atoms. The third-order valence-corrected chi connectivity index (χ3v) is 9.84. The van der Waals surface area contributed by atoms with Gasteiger partial charge in [-0.25, -0.2) is 13.2 Å². The van der Waals surface area contributed by atoms with Crippen molar-refractivity contribution in [2.45, 2.75) is 55.9 Å². The minimum Gasteiger partial charge on any atom is -0.508 e. The fraction of sp³-hybridized carbons (Fsp3) is 0.424. The molecule has 2 aromatic carbocycles. The summed E-state index contributed by atoms with van der Waals surface area (Å²) in [4.78, 5) is 18.1. The Morgan fingerprint density at radius 1 is 1.14 bits per heavy atom. The lowest BCUT2D eigenvalue weighted by molar-refractivity contribution is 0.107. The summed E-state index contributed by atoms with van der Waals surface area (Å²) in [5.74, 6) is 1.35. The average molecular weight is 601 g/mol. The number of rotatable bonds is 5. The smallest absolute Gasteiger partial charge is 0.319 e. The van der Waals surface area contributed by atoms with E-state index in [2.05, 4.69) is 31.0 Å². The van der Waals surface area contributed by atoms with Crippen LogP contribution in [0.2, 0.25) is 0 Å². The molecule has 0 saturated carbocycles. The SMILES string of the molecule is C#Cc1c(F)ccc2cc(O)cc(-c3ncc4c(N5CC6CCC(C5)N6)nc(OCC56CCCN5CC(F)C6)nc4c3F)c12. The van der Waals surface area contributed by atoms with Crippen LogP contribution in [0.4, 0.5) is 19.0 Å². The highest BCUT2D eigenvalue weighted by atomic mass is 19.1. The normalized spacial score (nSPS) is 26.4. The van der Waals surface area contributed by atoms with Gasteiger partial charge in [0.25, 0.3) is 0 Å². The van der Waals surface area contributed by atoms with E-state index in [1.54, 1.807) is 0 Å². The number of hydrogen-bond donors (Lipinski definition) is 2. The zero-order chi connectivity index (χ0) is 30.2. The maximum absolute atomic E-state index is 16.7. The number of anilines is 1. The predicted octanol–water partition coefficient (Wildman–Crippen LogP) is 4.71. The highest BCUT2D eigenvalue weighted by Gasteiger charge is 2.49.